The molecule has 2 unspecified atom stereocenters. The van der Waals surface area contributed by atoms with Gasteiger partial charge in [0, 0.05) is 5.41 Å². The number of ether oxygens (including phenoxy) is 2. The van der Waals surface area contributed by atoms with Gasteiger partial charge in [0.15, 0.2) is 0 Å². The van der Waals surface area contributed by atoms with Crippen LogP contribution in [0.4, 0.5) is 0 Å². The molecule has 4 bridgehead atoms. The minimum atomic E-state index is -0.287. The van der Waals surface area contributed by atoms with Gasteiger partial charge in [0.2, 0.25) is 0 Å². The van der Waals surface area contributed by atoms with Crippen molar-refractivity contribution in [2.24, 2.45) is 22.7 Å². The van der Waals surface area contributed by atoms with E-state index in [9.17, 15) is 9.59 Å². The molecule has 4 heteroatoms. The largest absolute Gasteiger partial charge is 0.469 e. The number of hydrogen-bond donors (Lipinski definition) is 0. The Balaban J connectivity index is 1.87. The quantitative estimate of drug-likeness (QED) is 0.566. The van der Waals surface area contributed by atoms with Crippen molar-refractivity contribution in [3.8, 4) is 0 Å². The van der Waals surface area contributed by atoms with Gasteiger partial charge >= 0.3 is 5.97 Å². The molecule has 0 radical (unpaired) electrons. The van der Waals surface area contributed by atoms with Crippen LogP contribution >= 0.6 is 0 Å². The lowest BCUT2D eigenvalue weighted by Gasteiger charge is -2.60. The van der Waals surface area contributed by atoms with Crippen LogP contribution in [0.3, 0.4) is 0 Å². The molecule has 0 heterocycles. The molecule has 2 atom stereocenters. The summed E-state index contributed by atoms with van der Waals surface area (Å²) in [6, 6.07) is 0. The van der Waals surface area contributed by atoms with Crippen LogP contribution < -0.4 is 0 Å². The Kier molecular flexibility index (Phi) is 2.65. The molecule has 4 nitrogen and oxygen atoms in total. The fourth-order valence-corrected chi connectivity index (χ4v) is 5.29. The second-order valence-electron chi connectivity index (χ2n) is 6.64. The molecular formula is C14H20O4. The molecule has 0 aromatic rings. The number of hydrogen-bond acceptors (Lipinski definition) is 4. The van der Waals surface area contributed by atoms with Gasteiger partial charge in [0.05, 0.1) is 19.1 Å². The zero-order valence-corrected chi connectivity index (χ0v) is 10.8. The minimum absolute atomic E-state index is 0.0409. The predicted molar refractivity (Wildman–Crippen MR) is 63.6 cm³/mol. The van der Waals surface area contributed by atoms with Gasteiger partial charge in [-0.3, -0.25) is 9.59 Å². The molecular weight excluding hydrogens is 232 g/mol. The molecule has 0 aromatic heterocycles. The maximum Gasteiger partial charge on any atom is 0.311 e. The highest BCUT2D eigenvalue weighted by Gasteiger charge is 2.61. The maximum atomic E-state index is 12.1. The van der Waals surface area contributed by atoms with Crippen molar-refractivity contribution in [3.63, 3.8) is 0 Å². The lowest BCUT2D eigenvalue weighted by Crippen LogP contribution is -2.56. The fraction of sp³-hybridized carbons (Fsp3) is 0.857. The van der Waals surface area contributed by atoms with Crippen molar-refractivity contribution in [1.29, 1.82) is 0 Å². The lowest BCUT2D eigenvalue weighted by atomic mass is 9.44. The van der Waals surface area contributed by atoms with Gasteiger partial charge in [-0.25, -0.2) is 0 Å². The van der Waals surface area contributed by atoms with E-state index in [4.69, 9.17) is 9.47 Å². The highest BCUT2D eigenvalue weighted by molar-refractivity contribution is 5.77. The topological polar surface area (TPSA) is 52.6 Å². The summed E-state index contributed by atoms with van der Waals surface area (Å²) in [4.78, 5) is 22.6. The summed E-state index contributed by atoms with van der Waals surface area (Å²) in [6.45, 7) is 1.01. The van der Waals surface area contributed by atoms with E-state index in [1.54, 1.807) is 0 Å². The van der Waals surface area contributed by atoms with Crippen LogP contribution in [0.15, 0.2) is 0 Å². The first-order chi connectivity index (χ1) is 8.61. The van der Waals surface area contributed by atoms with Crippen molar-refractivity contribution < 1.29 is 19.1 Å². The van der Waals surface area contributed by atoms with Crippen LogP contribution in [0, 0.1) is 22.7 Å². The molecule has 4 rings (SSSR count). The smallest absolute Gasteiger partial charge is 0.311 e. The Morgan fingerprint density at radius 3 is 2.50 bits per heavy atom. The summed E-state index contributed by atoms with van der Waals surface area (Å²) in [7, 11) is 1.48. The third-order valence-electron chi connectivity index (χ3n) is 5.26. The summed E-state index contributed by atoms with van der Waals surface area (Å²) in [5.74, 6) is 1.17. The average Bonchev–Trinajstić information content (AvgIpc) is 2.34. The third kappa shape index (κ3) is 1.65. The fourth-order valence-electron chi connectivity index (χ4n) is 5.29. The normalized spacial score (nSPS) is 44.7. The van der Waals surface area contributed by atoms with Gasteiger partial charge in [0.25, 0.3) is 6.47 Å². The van der Waals surface area contributed by atoms with Crippen molar-refractivity contribution in [1.82, 2.24) is 0 Å². The Hall–Kier alpha value is -1.06. The molecule has 4 fully saturated rings. The van der Waals surface area contributed by atoms with Gasteiger partial charge in [-0.1, -0.05) is 0 Å². The number of esters is 1. The number of methoxy groups -OCH3 is 1. The second kappa shape index (κ2) is 3.97. The summed E-state index contributed by atoms with van der Waals surface area (Å²) in [6.07, 6.45) is 6.24. The van der Waals surface area contributed by atoms with E-state index in [2.05, 4.69) is 0 Å². The molecule has 4 aliphatic carbocycles. The average molecular weight is 252 g/mol. The van der Waals surface area contributed by atoms with Crippen molar-refractivity contribution in [2.45, 2.75) is 38.5 Å². The standard InChI is InChI=1S/C14H20O4/c1-17-12(16)14-5-10-2-11(6-14)4-13(3-10,7-14)8-18-9-15/h9-11H,2-8H2,1H3. The van der Waals surface area contributed by atoms with Crippen molar-refractivity contribution in [2.75, 3.05) is 13.7 Å². The Morgan fingerprint density at radius 2 is 1.94 bits per heavy atom. The lowest BCUT2D eigenvalue weighted by molar-refractivity contribution is -0.184. The van der Waals surface area contributed by atoms with Crippen LogP contribution in [0.2, 0.25) is 0 Å². The molecule has 0 amide bonds. The van der Waals surface area contributed by atoms with E-state index in [0.29, 0.717) is 24.9 Å². The van der Waals surface area contributed by atoms with Gasteiger partial charge in [0.1, 0.15) is 0 Å². The molecule has 4 aliphatic rings. The molecule has 0 aromatic carbocycles. The SMILES string of the molecule is COC(=O)C12CC3CC(CC(COC=O)(C3)C1)C2. The summed E-state index contributed by atoms with van der Waals surface area (Å²) in [5.41, 5.74) is -0.246. The third-order valence-corrected chi connectivity index (χ3v) is 5.26. The van der Waals surface area contributed by atoms with Crippen LogP contribution in [0.5, 0.6) is 0 Å². The van der Waals surface area contributed by atoms with Gasteiger partial charge in [-0.15, -0.1) is 0 Å². The van der Waals surface area contributed by atoms with Crippen LogP contribution in [-0.4, -0.2) is 26.2 Å². The van der Waals surface area contributed by atoms with E-state index in [1.165, 1.54) is 13.5 Å². The van der Waals surface area contributed by atoms with E-state index in [1.807, 2.05) is 0 Å². The minimum Gasteiger partial charge on any atom is -0.469 e. The summed E-state index contributed by atoms with van der Waals surface area (Å²) < 4.78 is 10.1. The first-order valence-corrected chi connectivity index (χ1v) is 6.75. The number of carbonyl (C=O) groups is 2. The van der Waals surface area contributed by atoms with E-state index >= 15 is 0 Å². The van der Waals surface area contributed by atoms with E-state index in [0.717, 1.165) is 32.1 Å². The second-order valence-corrected chi connectivity index (χ2v) is 6.64. The Morgan fingerprint density at radius 1 is 1.28 bits per heavy atom. The van der Waals surface area contributed by atoms with Gasteiger partial charge in [-0.2, -0.15) is 0 Å². The van der Waals surface area contributed by atoms with E-state index in [-0.39, 0.29) is 16.8 Å². The van der Waals surface area contributed by atoms with Crippen LogP contribution in [0.25, 0.3) is 0 Å². The first kappa shape index (κ1) is 12.0. The summed E-state index contributed by atoms with van der Waals surface area (Å²) in [5, 5.41) is 0. The zero-order valence-electron chi connectivity index (χ0n) is 10.8. The molecule has 4 saturated carbocycles. The predicted octanol–water partition coefficient (Wildman–Crippen LogP) is 1.92. The highest BCUT2D eigenvalue weighted by atomic mass is 16.5. The molecule has 0 spiro atoms. The molecule has 0 N–H and O–H groups in total. The Bertz CT molecular complexity index is 362. The Labute approximate surface area is 107 Å². The zero-order chi connectivity index (χ0) is 12.8. The molecule has 0 aliphatic heterocycles. The number of carbonyl (C=O) groups excluding carboxylic acids is 2. The van der Waals surface area contributed by atoms with Crippen molar-refractivity contribution in [3.05, 3.63) is 0 Å². The van der Waals surface area contributed by atoms with Crippen molar-refractivity contribution >= 4 is 12.4 Å². The van der Waals surface area contributed by atoms with Crippen LogP contribution in [0.1, 0.15) is 38.5 Å². The maximum absolute atomic E-state index is 12.1. The summed E-state index contributed by atoms with van der Waals surface area (Å²) >= 11 is 0. The van der Waals surface area contributed by atoms with Crippen LogP contribution in [-0.2, 0) is 19.1 Å². The van der Waals surface area contributed by atoms with Gasteiger partial charge in [-0.05, 0) is 50.4 Å². The number of rotatable bonds is 4. The molecule has 100 valence electrons. The molecule has 0 saturated heterocycles. The highest BCUT2D eigenvalue weighted by Crippen LogP contribution is 2.65. The van der Waals surface area contributed by atoms with Gasteiger partial charge < -0.3 is 9.47 Å². The monoisotopic (exact) mass is 252 g/mol. The molecule has 18 heavy (non-hydrogen) atoms. The first-order valence-electron chi connectivity index (χ1n) is 6.75. The van der Waals surface area contributed by atoms with E-state index < -0.39 is 0 Å².